The molecule has 1 aliphatic rings. The fraction of sp³-hybridized carbons (Fsp3) is 0. The zero-order valence-corrected chi connectivity index (χ0v) is 10.4. The van der Waals surface area contributed by atoms with E-state index in [1.54, 1.807) is 24.3 Å². The van der Waals surface area contributed by atoms with E-state index in [4.69, 9.17) is 0 Å². The van der Waals surface area contributed by atoms with E-state index in [-0.39, 0.29) is 0 Å². The predicted octanol–water partition coefficient (Wildman–Crippen LogP) is 2.89. The van der Waals surface area contributed by atoms with Crippen molar-refractivity contribution in [3.05, 3.63) is 48.5 Å². The van der Waals surface area contributed by atoms with Crippen molar-refractivity contribution in [2.24, 2.45) is 0 Å². The van der Waals surface area contributed by atoms with Crippen LogP contribution in [0.1, 0.15) is 0 Å². The highest BCUT2D eigenvalue weighted by molar-refractivity contribution is 8.79. The third kappa shape index (κ3) is 1.58. The molecule has 0 spiro atoms. The molecule has 0 atom stereocenters. The SMILES string of the molecule is O=S(=O)(O)[SH]1c2ccccc2-c2ccccc21. The zero-order chi connectivity index (χ0) is 12.0. The van der Waals surface area contributed by atoms with Gasteiger partial charge in [0, 0.05) is 9.79 Å². The largest absolute Gasteiger partial charge is 0.307 e. The van der Waals surface area contributed by atoms with Crippen molar-refractivity contribution < 1.29 is 13.0 Å². The Morgan fingerprint density at radius 1 is 0.824 bits per heavy atom. The Bertz CT molecular complexity index is 647. The van der Waals surface area contributed by atoms with Crippen molar-refractivity contribution in [2.45, 2.75) is 9.79 Å². The highest BCUT2D eigenvalue weighted by Gasteiger charge is 2.32. The van der Waals surface area contributed by atoms with Gasteiger partial charge >= 0.3 is 9.15 Å². The topological polar surface area (TPSA) is 54.4 Å². The van der Waals surface area contributed by atoms with Crippen molar-refractivity contribution in [1.82, 2.24) is 0 Å². The minimum Gasteiger partial charge on any atom is -0.278 e. The maximum atomic E-state index is 11.5. The van der Waals surface area contributed by atoms with Gasteiger partial charge in [-0.25, -0.2) is 0 Å². The smallest absolute Gasteiger partial charge is 0.278 e. The molecule has 0 aromatic heterocycles. The van der Waals surface area contributed by atoms with E-state index in [9.17, 15) is 13.0 Å². The van der Waals surface area contributed by atoms with Crippen LogP contribution in [0.4, 0.5) is 0 Å². The maximum Gasteiger partial charge on any atom is 0.307 e. The molecule has 3 rings (SSSR count). The Balaban J connectivity index is 2.39. The summed E-state index contributed by atoms with van der Waals surface area (Å²) < 4.78 is 32.5. The molecule has 2 aromatic rings. The van der Waals surface area contributed by atoms with Gasteiger partial charge in [0.15, 0.2) is 0 Å². The fourth-order valence-electron chi connectivity index (χ4n) is 2.14. The molecule has 0 fully saturated rings. The molecule has 0 saturated carbocycles. The average Bonchev–Trinajstić information content (AvgIpc) is 2.63. The number of hydrogen-bond donors (Lipinski definition) is 2. The Labute approximate surface area is 102 Å². The van der Waals surface area contributed by atoms with Crippen LogP contribution < -0.4 is 0 Å². The van der Waals surface area contributed by atoms with Gasteiger partial charge in [-0.2, -0.15) is 8.42 Å². The third-order valence-electron chi connectivity index (χ3n) is 2.77. The van der Waals surface area contributed by atoms with Gasteiger partial charge in [0.2, 0.25) is 0 Å². The molecule has 0 saturated heterocycles. The van der Waals surface area contributed by atoms with E-state index in [0.717, 1.165) is 11.1 Å². The lowest BCUT2D eigenvalue weighted by Gasteiger charge is -2.13. The van der Waals surface area contributed by atoms with E-state index < -0.39 is 19.1 Å². The molecule has 1 heterocycles. The van der Waals surface area contributed by atoms with Gasteiger partial charge in [0.05, 0.1) is 0 Å². The van der Waals surface area contributed by atoms with Crippen LogP contribution in [0.15, 0.2) is 58.3 Å². The predicted molar refractivity (Wildman–Crippen MR) is 68.9 cm³/mol. The summed E-state index contributed by atoms with van der Waals surface area (Å²) in [5.41, 5.74) is 1.82. The van der Waals surface area contributed by atoms with E-state index >= 15 is 0 Å². The number of thiol groups is 1. The van der Waals surface area contributed by atoms with Gasteiger partial charge < -0.3 is 0 Å². The van der Waals surface area contributed by atoms with Crippen LogP contribution in [0.5, 0.6) is 0 Å². The maximum absolute atomic E-state index is 11.5. The van der Waals surface area contributed by atoms with Gasteiger partial charge in [-0.1, -0.05) is 46.3 Å². The minimum atomic E-state index is -4.06. The van der Waals surface area contributed by atoms with Crippen LogP contribution in [0.25, 0.3) is 11.1 Å². The number of hydrogen-bond acceptors (Lipinski definition) is 2. The summed E-state index contributed by atoms with van der Waals surface area (Å²) in [6, 6.07) is 14.7. The normalized spacial score (nSPS) is 15.5. The lowest BCUT2D eigenvalue weighted by atomic mass is 10.1. The van der Waals surface area contributed by atoms with Crippen molar-refractivity contribution in [3.8, 4) is 11.1 Å². The van der Waals surface area contributed by atoms with Crippen LogP contribution in [0.3, 0.4) is 0 Å². The zero-order valence-electron chi connectivity index (χ0n) is 8.74. The van der Waals surface area contributed by atoms with Gasteiger partial charge in [0.25, 0.3) is 0 Å². The summed E-state index contributed by atoms with van der Waals surface area (Å²) in [5, 5.41) is 0. The van der Waals surface area contributed by atoms with Crippen LogP contribution in [0.2, 0.25) is 0 Å². The lowest BCUT2D eigenvalue weighted by molar-refractivity contribution is 0.502. The monoisotopic (exact) mass is 266 g/mol. The van der Waals surface area contributed by atoms with Gasteiger partial charge in [-0.15, -0.1) is 0 Å². The highest BCUT2D eigenvalue weighted by Crippen LogP contribution is 2.60. The Morgan fingerprint density at radius 3 is 1.65 bits per heavy atom. The molecule has 0 unspecified atom stereocenters. The summed E-state index contributed by atoms with van der Waals surface area (Å²) in [6.07, 6.45) is 0. The van der Waals surface area contributed by atoms with E-state index in [2.05, 4.69) is 0 Å². The first kappa shape index (κ1) is 10.8. The number of benzene rings is 2. The Kier molecular flexibility index (Phi) is 2.29. The molecular formula is C12H10O3S2. The van der Waals surface area contributed by atoms with Crippen molar-refractivity contribution >= 4 is 19.1 Å². The number of fused-ring (bicyclic) bond motifs is 3. The molecule has 2 aromatic carbocycles. The molecule has 0 bridgehead atoms. The second-order valence-electron chi connectivity index (χ2n) is 3.78. The highest BCUT2D eigenvalue weighted by atomic mass is 33.2. The summed E-state index contributed by atoms with van der Waals surface area (Å²) in [4.78, 5) is 1.43. The first-order valence-corrected chi connectivity index (χ1v) is 8.44. The molecule has 1 N–H and O–H groups in total. The lowest BCUT2D eigenvalue weighted by Crippen LogP contribution is -1.97. The standard InChI is InChI=1S/C12H10O3S2/c13-17(14,15)16-11-7-3-1-5-9(11)10-6-2-4-8-12(10)16/h1-8,16H,(H,13,14,15). The molecule has 17 heavy (non-hydrogen) atoms. The third-order valence-corrected chi connectivity index (χ3v) is 7.45. The van der Waals surface area contributed by atoms with Crippen LogP contribution in [-0.2, 0) is 9.15 Å². The van der Waals surface area contributed by atoms with E-state index in [1.165, 1.54) is 0 Å². The van der Waals surface area contributed by atoms with Crippen molar-refractivity contribution in [3.63, 3.8) is 0 Å². The number of rotatable bonds is 1. The second kappa shape index (κ2) is 3.60. The molecule has 0 amide bonds. The molecule has 88 valence electrons. The van der Waals surface area contributed by atoms with Crippen LogP contribution in [-0.4, -0.2) is 13.0 Å². The molecule has 0 radical (unpaired) electrons. The molecular weight excluding hydrogens is 256 g/mol. The second-order valence-corrected chi connectivity index (χ2v) is 8.70. The van der Waals surface area contributed by atoms with Crippen LogP contribution in [0, 0.1) is 0 Å². The van der Waals surface area contributed by atoms with Gasteiger partial charge in [0.1, 0.15) is 0 Å². The van der Waals surface area contributed by atoms with Crippen molar-refractivity contribution in [1.29, 1.82) is 0 Å². The molecule has 3 nitrogen and oxygen atoms in total. The van der Waals surface area contributed by atoms with Gasteiger partial charge in [-0.05, 0) is 23.3 Å². The molecule has 0 aliphatic carbocycles. The summed E-state index contributed by atoms with van der Waals surface area (Å²) in [7, 11) is -5.75. The molecule has 5 heteroatoms. The van der Waals surface area contributed by atoms with E-state index in [0.29, 0.717) is 9.79 Å². The average molecular weight is 266 g/mol. The molecule has 1 aliphatic heterocycles. The first-order valence-electron chi connectivity index (χ1n) is 5.05. The first-order chi connectivity index (χ1) is 8.09. The Morgan fingerprint density at radius 2 is 1.24 bits per heavy atom. The van der Waals surface area contributed by atoms with Crippen molar-refractivity contribution in [2.75, 3.05) is 0 Å². The van der Waals surface area contributed by atoms with E-state index in [1.807, 2.05) is 24.3 Å². The summed E-state index contributed by atoms with van der Waals surface area (Å²) in [6.45, 7) is 0. The van der Waals surface area contributed by atoms with Crippen LogP contribution >= 0.6 is 9.93 Å². The summed E-state index contributed by atoms with van der Waals surface area (Å²) in [5.74, 6) is 0. The van der Waals surface area contributed by atoms with Gasteiger partial charge in [-0.3, -0.25) is 4.55 Å². The Hall–Kier alpha value is -1.30. The quantitative estimate of drug-likeness (QED) is 0.474. The fourth-order valence-corrected chi connectivity index (χ4v) is 6.61. The summed E-state index contributed by atoms with van der Waals surface area (Å²) >= 11 is 0. The minimum absolute atomic E-state index is 0.714.